The average Bonchev–Trinajstić information content (AvgIpc) is 3.37. The maximum absolute atomic E-state index is 9.36. The third kappa shape index (κ3) is 2.08. The molecule has 0 saturated heterocycles. The first-order valence-corrected chi connectivity index (χ1v) is 7.97. The molecule has 20 heavy (non-hydrogen) atoms. The lowest BCUT2D eigenvalue weighted by Crippen LogP contribution is -2.19. The topological polar surface area (TPSA) is 48.7 Å². The van der Waals surface area contributed by atoms with Crippen molar-refractivity contribution in [2.75, 3.05) is 11.9 Å². The molecule has 1 aromatic heterocycles. The highest BCUT2D eigenvalue weighted by Gasteiger charge is 2.53. The number of nitriles is 1. The Morgan fingerprint density at radius 2 is 2.10 bits per heavy atom. The number of anilines is 1. The van der Waals surface area contributed by atoms with Gasteiger partial charge in [-0.05, 0) is 74.3 Å². The minimum atomic E-state index is 0.546. The summed E-state index contributed by atoms with van der Waals surface area (Å²) in [4.78, 5) is 4.76. The predicted octanol–water partition coefficient (Wildman–Crippen LogP) is 3.43. The van der Waals surface area contributed by atoms with E-state index in [9.17, 15) is 5.26 Å². The van der Waals surface area contributed by atoms with Crippen molar-refractivity contribution in [2.24, 2.45) is 11.3 Å². The first kappa shape index (κ1) is 12.2. The van der Waals surface area contributed by atoms with E-state index < -0.39 is 0 Å². The fraction of sp³-hybridized carbons (Fsp3) is 0.647. The Kier molecular flexibility index (Phi) is 2.73. The van der Waals surface area contributed by atoms with Crippen LogP contribution >= 0.6 is 0 Å². The van der Waals surface area contributed by atoms with Gasteiger partial charge in [-0.15, -0.1) is 0 Å². The Morgan fingerprint density at radius 1 is 1.30 bits per heavy atom. The summed E-state index contributed by atoms with van der Waals surface area (Å²) in [6, 6.07) is 4.39. The predicted molar refractivity (Wildman–Crippen MR) is 78.5 cm³/mol. The molecule has 1 N–H and O–H groups in total. The smallest absolute Gasteiger partial charge is 0.144 e. The fourth-order valence-electron chi connectivity index (χ4n) is 3.70. The van der Waals surface area contributed by atoms with Crippen molar-refractivity contribution in [1.82, 2.24) is 4.98 Å². The lowest BCUT2D eigenvalue weighted by molar-refractivity contribution is 0.466. The molecule has 0 atom stereocenters. The van der Waals surface area contributed by atoms with Crippen LogP contribution in [0.2, 0.25) is 0 Å². The van der Waals surface area contributed by atoms with Crippen molar-refractivity contribution in [3.8, 4) is 6.07 Å². The summed E-state index contributed by atoms with van der Waals surface area (Å²) in [5.74, 6) is 1.78. The Morgan fingerprint density at radius 3 is 2.80 bits per heavy atom. The van der Waals surface area contributed by atoms with Gasteiger partial charge in [-0.25, -0.2) is 4.98 Å². The molecular formula is C17H21N3. The normalized spacial score (nSPS) is 22.8. The molecule has 1 aromatic rings. The molecule has 3 aliphatic rings. The van der Waals surface area contributed by atoms with Crippen molar-refractivity contribution in [2.45, 2.75) is 51.4 Å². The van der Waals surface area contributed by atoms with Gasteiger partial charge >= 0.3 is 0 Å². The fourth-order valence-corrected chi connectivity index (χ4v) is 3.70. The molecule has 0 radical (unpaired) electrons. The zero-order valence-corrected chi connectivity index (χ0v) is 11.9. The van der Waals surface area contributed by atoms with Gasteiger partial charge < -0.3 is 5.32 Å². The van der Waals surface area contributed by atoms with Crippen LogP contribution in [0.25, 0.3) is 0 Å². The Bertz CT molecular complexity index is 577. The van der Waals surface area contributed by atoms with Crippen molar-refractivity contribution in [3.63, 3.8) is 0 Å². The average molecular weight is 267 g/mol. The molecule has 0 spiro atoms. The van der Waals surface area contributed by atoms with Gasteiger partial charge in [-0.2, -0.15) is 5.26 Å². The number of hydrogen-bond donors (Lipinski definition) is 1. The molecule has 0 unspecified atom stereocenters. The second kappa shape index (κ2) is 4.48. The molecule has 0 amide bonds. The molecular weight excluding hydrogens is 246 g/mol. The largest absolute Gasteiger partial charge is 0.368 e. The van der Waals surface area contributed by atoms with Crippen LogP contribution in [0.5, 0.6) is 0 Å². The van der Waals surface area contributed by atoms with Crippen molar-refractivity contribution in [3.05, 3.63) is 22.9 Å². The number of pyridine rings is 1. The van der Waals surface area contributed by atoms with E-state index in [0.717, 1.165) is 36.7 Å². The van der Waals surface area contributed by atoms with Gasteiger partial charge in [0.2, 0.25) is 0 Å². The van der Waals surface area contributed by atoms with Crippen molar-refractivity contribution < 1.29 is 0 Å². The molecule has 4 rings (SSSR count). The third-order valence-electron chi connectivity index (χ3n) is 5.36. The van der Waals surface area contributed by atoms with E-state index in [4.69, 9.17) is 4.98 Å². The maximum Gasteiger partial charge on any atom is 0.144 e. The summed E-state index contributed by atoms with van der Waals surface area (Å²) in [6.45, 7) is 1.01. The minimum absolute atomic E-state index is 0.546. The maximum atomic E-state index is 9.36. The van der Waals surface area contributed by atoms with Crippen LogP contribution in [0.15, 0.2) is 6.07 Å². The minimum Gasteiger partial charge on any atom is -0.368 e. The number of nitrogens with one attached hydrogen (secondary N) is 1. The zero-order valence-electron chi connectivity index (χ0n) is 11.9. The second-order valence-corrected chi connectivity index (χ2v) is 6.80. The first-order chi connectivity index (χ1) is 9.81. The van der Waals surface area contributed by atoms with Crippen LogP contribution in [0.1, 0.15) is 55.3 Å². The molecule has 2 saturated carbocycles. The van der Waals surface area contributed by atoms with Crippen LogP contribution < -0.4 is 5.32 Å². The SMILES string of the molecule is N#Cc1cc2c(nc1NCC1(C3CC3)CC1)CCCC2. The van der Waals surface area contributed by atoms with Gasteiger partial charge in [0.25, 0.3) is 0 Å². The molecule has 3 aliphatic carbocycles. The highest BCUT2D eigenvalue weighted by molar-refractivity contribution is 5.55. The highest BCUT2D eigenvalue weighted by Crippen LogP contribution is 2.61. The number of hydrogen-bond acceptors (Lipinski definition) is 3. The van der Waals surface area contributed by atoms with Crippen LogP contribution in [0, 0.1) is 22.7 Å². The molecule has 104 valence electrons. The van der Waals surface area contributed by atoms with Crippen LogP contribution in [0.3, 0.4) is 0 Å². The number of nitrogens with zero attached hydrogens (tertiary/aromatic N) is 2. The standard InChI is InChI=1S/C17H21N3/c18-10-13-9-12-3-1-2-4-15(12)20-16(13)19-11-17(7-8-17)14-5-6-14/h9,14H,1-8,11H2,(H,19,20). The quantitative estimate of drug-likeness (QED) is 0.909. The Balaban J connectivity index is 1.55. The summed E-state index contributed by atoms with van der Waals surface area (Å²) in [6.07, 6.45) is 10.2. The molecule has 0 aliphatic heterocycles. The monoisotopic (exact) mass is 267 g/mol. The zero-order chi connectivity index (χ0) is 13.6. The lowest BCUT2D eigenvalue weighted by Gasteiger charge is -2.20. The van der Waals surface area contributed by atoms with Crippen LogP contribution in [-0.2, 0) is 12.8 Å². The molecule has 3 heteroatoms. The highest BCUT2D eigenvalue weighted by atomic mass is 15.0. The summed E-state index contributed by atoms with van der Waals surface area (Å²) >= 11 is 0. The molecule has 0 aromatic carbocycles. The lowest BCUT2D eigenvalue weighted by atomic mass is 9.94. The van der Waals surface area contributed by atoms with E-state index in [2.05, 4.69) is 17.5 Å². The Hall–Kier alpha value is -1.56. The number of aromatic nitrogens is 1. The van der Waals surface area contributed by atoms with Gasteiger partial charge in [-0.1, -0.05) is 0 Å². The summed E-state index contributed by atoms with van der Waals surface area (Å²) in [5.41, 5.74) is 3.79. The summed E-state index contributed by atoms with van der Waals surface area (Å²) in [7, 11) is 0. The molecule has 2 fully saturated rings. The number of aryl methyl sites for hydroxylation is 2. The summed E-state index contributed by atoms with van der Waals surface area (Å²) < 4.78 is 0. The first-order valence-electron chi connectivity index (χ1n) is 7.97. The van der Waals surface area contributed by atoms with Crippen LogP contribution in [0.4, 0.5) is 5.82 Å². The van der Waals surface area contributed by atoms with Gasteiger partial charge in [0.05, 0.1) is 5.56 Å². The summed E-state index contributed by atoms with van der Waals surface area (Å²) in [5, 5.41) is 12.9. The Labute approximate surface area is 120 Å². The van der Waals surface area contributed by atoms with E-state index >= 15 is 0 Å². The van der Waals surface area contributed by atoms with Gasteiger partial charge in [-0.3, -0.25) is 0 Å². The van der Waals surface area contributed by atoms with Gasteiger partial charge in [0.1, 0.15) is 11.9 Å². The van der Waals surface area contributed by atoms with Crippen LogP contribution in [-0.4, -0.2) is 11.5 Å². The molecule has 0 bridgehead atoms. The molecule has 3 nitrogen and oxygen atoms in total. The second-order valence-electron chi connectivity index (χ2n) is 6.80. The third-order valence-corrected chi connectivity index (χ3v) is 5.36. The van der Waals surface area contributed by atoms with Gasteiger partial charge in [0.15, 0.2) is 0 Å². The van der Waals surface area contributed by atoms with Gasteiger partial charge in [0, 0.05) is 12.2 Å². The van der Waals surface area contributed by atoms with E-state index in [1.165, 1.54) is 49.8 Å². The van der Waals surface area contributed by atoms with Crippen molar-refractivity contribution in [1.29, 1.82) is 5.26 Å². The molecule has 1 heterocycles. The number of rotatable bonds is 4. The number of fused-ring (bicyclic) bond motifs is 1. The van der Waals surface area contributed by atoms with E-state index in [0.29, 0.717) is 5.41 Å². The van der Waals surface area contributed by atoms with E-state index in [1.807, 2.05) is 0 Å². The van der Waals surface area contributed by atoms with E-state index in [1.54, 1.807) is 0 Å². The van der Waals surface area contributed by atoms with Crippen molar-refractivity contribution >= 4 is 5.82 Å². The van der Waals surface area contributed by atoms with E-state index in [-0.39, 0.29) is 0 Å².